The Hall–Kier alpha value is -1.00. The highest BCUT2D eigenvalue weighted by molar-refractivity contribution is 5.07. The number of nitrogens with zero attached hydrogens (tertiary/aromatic N) is 1. The molecule has 3 nitrogen and oxygen atoms in total. The molecule has 4 heteroatoms. The van der Waals surface area contributed by atoms with E-state index in [0.29, 0.717) is 0 Å². The summed E-state index contributed by atoms with van der Waals surface area (Å²) >= 11 is 0. The maximum absolute atomic E-state index is 12.1. The van der Waals surface area contributed by atoms with Gasteiger partial charge in [-0.25, -0.2) is 10.9 Å². The van der Waals surface area contributed by atoms with E-state index < -0.39 is 5.95 Å². The molecule has 1 aromatic rings. The van der Waals surface area contributed by atoms with Crippen molar-refractivity contribution in [3.8, 4) is 0 Å². The van der Waals surface area contributed by atoms with Crippen molar-refractivity contribution in [2.75, 3.05) is 0 Å². The van der Waals surface area contributed by atoms with Crippen molar-refractivity contribution in [2.24, 2.45) is 5.90 Å². The maximum atomic E-state index is 12.1. The summed E-state index contributed by atoms with van der Waals surface area (Å²) in [4.78, 5) is 7.70. The zero-order valence-corrected chi connectivity index (χ0v) is 5.25. The molecule has 0 saturated carbocycles. The van der Waals surface area contributed by atoms with Crippen LogP contribution >= 0.6 is 0 Å². The maximum Gasteiger partial charge on any atom is 0.212 e. The zero-order valence-electron chi connectivity index (χ0n) is 5.25. The first-order valence-electron chi connectivity index (χ1n) is 2.75. The predicted molar refractivity (Wildman–Crippen MR) is 33.2 cm³/mol. The molecule has 0 aliphatic heterocycles. The van der Waals surface area contributed by atoms with Crippen LogP contribution in [0.1, 0.15) is 5.56 Å². The van der Waals surface area contributed by atoms with Crippen LogP contribution in [0.4, 0.5) is 4.39 Å². The van der Waals surface area contributed by atoms with Gasteiger partial charge in [0.2, 0.25) is 5.95 Å². The molecule has 0 radical (unpaired) electrons. The van der Waals surface area contributed by atoms with E-state index in [1.54, 1.807) is 6.07 Å². The number of nitrogens with two attached hydrogens (primary N) is 1. The summed E-state index contributed by atoms with van der Waals surface area (Å²) in [5.74, 6) is 4.28. The monoisotopic (exact) mass is 142 g/mol. The standard InChI is InChI=1S/C6H7FN2O/c7-6-2-1-5(3-9-6)4-10-8/h1-3H,4,8H2. The predicted octanol–water partition coefficient (Wildman–Crippen LogP) is 0.611. The van der Waals surface area contributed by atoms with Crippen LogP contribution in [0.5, 0.6) is 0 Å². The van der Waals surface area contributed by atoms with Crippen LogP contribution in [0.15, 0.2) is 18.3 Å². The molecule has 0 aromatic carbocycles. The Morgan fingerprint density at radius 2 is 2.40 bits per heavy atom. The lowest BCUT2D eigenvalue weighted by atomic mass is 10.3. The van der Waals surface area contributed by atoms with Crippen LogP contribution in [0, 0.1) is 5.95 Å². The van der Waals surface area contributed by atoms with Crippen LogP contribution in [-0.4, -0.2) is 4.98 Å². The van der Waals surface area contributed by atoms with E-state index in [-0.39, 0.29) is 6.61 Å². The summed E-state index contributed by atoms with van der Waals surface area (Å²) in [7, 11) is 0. The first-order valence-corrected chi connectivity index (χ1v) is 2.75. The van der Waals surface area contributed by atoms with E-state index in [9.17, 15) is 4.39 Å². The van der Waals surface area contributed by atoms with Crippen molar-refractivity contribution in [3.05, 3.63) is 29.8 Å². The van der Waals surface area contributed by atoms with Gasteiger partial charge in [0.05, 0.1) is 6.61 Å². The van der Waals surface area contributed by atoms with Gasteiger partial charge in [0.25, 0.3) is 0 Å². The van der Waals surface area contributed by atoms with Gasteiger partial charge in [-0.2, -0.15) is 4.39 Å². The van der Waals surface area contributed by atoms with Crippen molar-refractivity contribution < 1.29 is 9.23 Å². The van der Waals surface area contributed by atoms with Gasteiger partial charge in [-0.1, -0.05) is 6.07 Å². The highest BCUT2D eigenvalue weighted by Gasteiger charge is 1.92. The molecule has 0 bridgehead atoms. The molecular weight excluding hydrogens is 135 g/mol. The fourth-order valence-corrected chi connectivity index (χ4v) is 0.588. The number of hydrogen-bond donors (Lipinski definition) is 1. The van der Waals surface area contributed by atoms with Crippen LogP contribution in [0.2, 0.25) is 0 Å². The minimum Gasteiger partial charge on any atom is -0.300 e. The van der Waals surface area contributed by atoms with E-state index in [2.05, 4.69) is 9.82 Å². The lowest BCUT2D eigenvalue weighted by molar-refractivity contribution is 0.124. The summed E-state index contributed by atoms with van der Waals surface area (Å²) in [6, 6.07) is 2.82. The Morgan fingerprint density at radius 1 is 1.60 bits per heavy atom. The Labute approximate surface area is 57.6 Å². The van der Waals surface area contributed by atoms with Crippen LogP contribution in [-0.2, 0) is 11.4 Å². The molecular formula is C6H7FN2O. The third-order valence-electron chi connectivity index (χ3n) is 1.04. The minimum absolute atomic E-state index is 0.257. The summed E-state index contributed by atoms with van der Waals surface area (Å²) in [5.41, 5.74) is 0.754. The third-order valence-corrected chi connectivity index (χ3v) is 1.04. The van der Waals surface area contributed by atoms with Crippen molar-refractivity contribution >= 4 is 0 Å². The Balaban J connectivity index is 2.69. The van der Waals surface area contributed by atoms with Crippen molar-refractivity contribution in [1.29, 1.82) is 0 Å². The molecule has 54 valence electrons. The summed E-state index contributed by atoms with van der Waals surface area (Å²) < 4.78 is 12.1. The quantitative estimate of drug-likeness (QED) is 0.486. The van der Waals surface area contributed by atoms with Gasteiger partial charge in [-0.3, -0.25) is 4.84 Å². The van der Waals surface area contributed by atoms with Crippen molar-refractivity contribution in [3.63, 3.8) is 0 Å². The molecule has 0 fully saturated rings. The zero-order chi connectivity index (χ0) is 7.40. The molecule has 0 amide bonds. The van der Waals surface area contributed by atoms with Gasteiger partial charge in [0.1, 0.15) is 0 Å². The second-order valence-corrected chi connectivity index (χ2v) is 1.80. The SMILES string of the molecule is NOCc1ccc(F)nc1. The number of rotatable bonds is 2. The lowest BCUT2D eigenvalue weighted by Crippen LogP contribution is -1.99. The molecule has 2 N–H and O–H groups in total. The Morgan fingerprint density at radius 3 is 2.90 bits per heavy atom. The largest absolute Gasteiger partial charge is 0.300 e. The smallest absolute Gasteiger partial charge is 0.212 e. The van der Waals surface area contributed by atoms with E-state index in [4.69, 9.17) is 5.90 Å². The first-order chi connectivity index (χ1) is 4.83. The van der Waals surface area contributed by atoms with Crippen molar-refractivity contribution in [2.45, 2.75) is 6.61 Å². The summed E-state index contributed by atoms with van der Waals surface area (Å²) in [5, 5.41) is 0. The summed E-state index contributed by atoms with van der Waals surface area (Å²) in [6.45, 7) is 0.257. The molecule has 0 atom stereocenters. The minimum atomic E-state index is -0.499. The van der Waals surface area contributed by atoms with Gasteiger partial charge >= 0.3 is 0 Å². The van der Waals surface area contributed by atoms with E-state index in [1.165, 1.54) is 12.3 Å². The van der Waals surface area contributed by atoms with Gasteiger partial charge in [-0.15, -0.1) is 0 Å². The lowest BCUT2D eigenvalue weighted by Gasteiger charge is -1.95. The van der Waals surface area contributed by atoms with Crippen LogP contribution in [0.25, 0.3) is 0 Å². The van der Waals surface area contributed by atoms with Gasteiger partial charge < -0.3 is 0 Å². The van der Waals surface area contributed by atoms with Gasteiger partial charge in [0, 0.05) is 6.20 Å². The molecule has 1 heterocycles. The Kier molecular flexibility index (Phi) is 2.30. The fourth-order valence-electron chi connectivity index (χ4n) is 0.588. The molecule has 1 rings (SSSR count). The number of pyridine rings is 1. The average Bonchev–Trinajstić information content (AvgIpc) is 1.95. The molecule has 0 unspecified atom stereocenters. The molecule has 10 heavy (non-hydrogen) atoms. The molecule has 0 saturated heterocycles. The Bertz CT molecular complexity index is 199. The third kappa shape index (κ3) is 1.75. The van der Waals surface area contributed by atoms with Crippen LogP contribution in [0.3, 0.4) is 0 Å². The second kappa shape index (κ2) is 3.24. The number of aromatic nitrogens is 1. The van der Waals surface area contributed by atoms with Gasteiger partial charge in [0.15, 0.2) is 0 Å². The number of hydrogen-bond acceptors (Lipinski definition) is 3. The molecule has 0 aliphatic carbocycles. The van der Waals surface area contributed by atoms with E-state index in [0.717, 1.165) is 5.56 Å². The van der Waals surface area contributed by atoms with E-state index >= 15 is 0 Å². The van der Waals surface area contributed by atoms with E-state index in [1.807, 2.05) is 0 Å². The number of halogens is 1. The fraction of sp³-hybridized carbons (Fsp3) is 0.167. The van der Waals surface area contributed by atoms with Gasteiger partial charge in [-0.05, 0) is 11.6 Å². The average molecular weight is 142 g/mol. The highest BCUT2D eigenvalue weighted by Crippen LogP contribution is 1.98. The second-order valence-electron chi connectivity index (χ2n) is 1.80. The first kappa shape index (κ1) is 7.11. The molecule has 0 spiro atoms. The molecule has 0 aliphatic rings. The van der Waals surface area contributed by atoms with Crippen LogP contribution < -0.4 is 5.90 Å². The topological polar surface area (TPSA) is 48.1 Å². The molecule has 1 aromatic heterocycles. The normalized spacial score (nSPS) is 9.80. The highest BCUT2D eigenvalue weighted by atomic mass is 19.1. The van der Waals surface area contributed by atoms with Crippen molar-refractivity contribution in [1.82, 2.24) is 4.98 Å². The summed E-state index contributed by atoms with van der Waals surface area (Å²) in [6.07, 6.45) is 1.38.